The van der Waals surface area contributed by atoms with Crippen LogP contribution in [0.3, 0.4) is 0 Å². The molecular weight excluding hydrogens is 319 g/mol. The second-order valence-electron chi connectivity index (χ2n) is 4.04. The number of carboxylic acids is 1. The molecule has 0 atom stereocenters. The summed E-state index contributed by atoms with van der Waals surface area (Å²) in [7, 11) is 0. The van der Waals surface area contributed by atoms with Gasteiger partial charge in [-0.25, -0.2) is 4.79 Å². The van der Waals surface area contributed by atoms with Gasteiger partial charge in [-0.3, -0.25) is 10.1 Å². The number of rotatable bonds is 4. The lowest BCUT2D eigenvalue weighted by Gasteiger charge is -2.09. The molecular formula is C13H8Cl2N2O4. The van der Waals surface area contributed by atoms with Crippen molar-refractivity contribution in [3.63, 3.8) is 0 Å². The highest BCUT2D eigenvalue weighted by Gasteiger charge is 2.20. The molecule has 0 bridgehead atoms. The number of nitrogens with zero attached hydrogens (tertiary/aromatic N) is 1. The van der Waals surface area contributed by atoms with Crippen molar-refractivity contribution in [2.75, 3.05) is 5.32 Å². The summed E-state index contributed by atoms with van der Waals surface area (Å²) in [6.45, 7) is 0. The monoisotopic (exact) mass is 326 g/mol. The van der Waals surface area contributed by atoms with Crippen molar-refractivity contribution in [3.8, 4) is 0 Å². The van der Waals surface area contributed by atoms with Crippen LogP contribution < -0.4 is 5.32 Å². The van der Waals surface area contributed by atoms with Crippen molar-refractivity contribution in [1.29, 1.82) is 0 Å². The number of nitro benzene ring substituents is 1. The van der Waals surface area contributed by atoms with Crippen LogP contribution in [-0.2, 0) is 0 Å². The van der Waals surface area contributed by atoms with Gasteiger partial charge in [-0.1, -0.05) is 23.2 Å². The summed E-state index contributed by atoms with van der Waals surface area (Å²) >= 11 is 11.8. The van der Waals surface area contributed by atoms with E-state index in [1.54, 1.807) is 12.1 Å². The zero-order valence-electron chi connectivity index (χ0n) is 10.3. The van der Waals surface area contributed by atoms with E-state index < -0.39 is 22.1 Å². The normalized spacial score (nSPS) is 10.2. The molecule has 2 aromatic rings. The molecule has 0 aromatic heterocycles. The lowest BCUT2D eigenvalue weighted by atomic mass is 10.1. The first-order valence-electron chi connectivity index (χ1n) is 5.62. The van der Waals surface area contributed by atoms with Gasteiger partial charge in [0.25, 0.3) is 5.69 Å². The molecule has 0 radical (unpaired) electrons. The van der Waals surface area contributed by atoms with Crippen molar-refractivity contribution >= 4 is 46.2 Å². The smallest absolute Gasteiger partial charge is 0.342 e. The van der Waals surface area contributed by atoms with Gasteiger partial charge in [0.05, 0.1) is 15.6 Å². The minimum Gasteiger partial charge on any atom is -0.477 e. The van der Waals surface area contributed by atoms with E-state index in [0.29, 0.717) is 21.4 Å². The molecule has 0 aliphatic rings. The molecule has 0 heterocycles. The molecule has 6 nitrogen and oxygen atoms in total. The number of benzene rings is 2. The van der Waals surface area contributed by atoms with Crippen molar-refractivity contribution in [2.24, 2.45) is 0 Å². The second-order valence-corrected chi connectivity index (χ2v) is 4.89. The molecule has 0 unspecified atom stereocenters. The number of aromatic carboxylic acids is 1. The molecule has 2 N–H and O–H groups in total. The van der Waals surface area contributed by atoms with E-state index in [1.165, 1.54) is 18.2 Å². The lowest BCUT2D eigenvalue weighted by molar-refractivity contribution is -0.385. The van der Waals surface area contributed by atoms with Gasteiger partial charge < -0.3 is 10.4 Å². The Morgan fingerprint density at radius 1 is 1.19 bits per heavy atom. The van der Waals surface area contributed by atoms with Gasteiger partial charge in [0, 0.05) is 16.8 Å². The Hall–Kier alpha value is -2.31. The van der Waals surface area contributed by atoms with Gasteiger partial charge in [0.15, 0.2) is 0 Å². The molecule has 0 aliphatic heterocycles. The van der Waals surface area contributed by atoms with Gasteiger partial charge in [-0.2, -0.15) is 0 Å². The maximum atomic E-state index is 11.1. The molecule has 2 rings (SSSR count). The van der Waals surface area contributed by atoms with Crippen LogP contribution in [0.5, 0.6) is 0 Å². The van der Waals surface area contributed by atoms with Crippen molar-refractivity contribution < 1.29 is 14.8 Å². The third-order valence-corrected chi connectivity index (χ3v) is 3.18. The first-order chi connectivity index (χ1) is 9.88. The molecule has 0 amide bonds. The maximum Gasteiger partial charge on any atom is 0.342 e. The summed E-state index contributed by atoms with van der Waals surface area (Å²) in [6, 6.07) is 8.44. The van der Waals surface area contributed by atoms with Crippen LogP contribution in [0.2, 0.25) is 10.0 Å². The van der Waals surface area contributed by atoms with Crippen LogP contribution >= 0.6 is 23.2 Å². The van der Waals surface area contributed by atoms with E-state index in [9.17, 15) is 14.9 Å². The molecule has 8 heteroatoms. The van der Waals surface area contributed by atoms with Crippen LogP contribution in [0.1, 0.15) is 10.4 Å². The summed E-state index contributed by atoms with van der Waals surface area (Å²) in [6.07, 6.45) is 0. The first kappa shape index (κ1) is 15.1. The average Bonchev–Trinajstić information content (AvgIpc) is 2.41. The molecule has 0 spiro atoms. The van der Waals surface area contributed by atoms with Gasteiger partial charge in [-0.15, -0.1) is 0 Å². The second kappa shape index (κ2) is 5.99. The largest absolute Gasteiger partial charge is 0.477 e. The molecule has 108 valence electrons. The van der Waals surface area contributed by atoms with E-state index in [0.717, 1.165) is 6.07 Å². The zero-order valence-corrected chi connectivity index (χ0v) is 11.9. The van der Waals surface area contributed by atoms with Crippen molar-refractivity contribution in [3.05, 3.63) is 62.1 Å². The van der Waals surface area contributed by atoms with E-state index in [4.69, 9.17) is 28.3 Å². The van der Waals surface area contributed by atoms with Gasteiger partial charge >= 0.3 is 5.97 Å². The number of carbonyl (C=O) groups is 1. The van der Waals surface area contributed by atoms with Crippen LogP contribution in [0.15, 0.2) is 36.4 Å². The van der Waals surface area contributed by atoms with Crippen molar-refractivity contribution in [1.82, 2.24) is 0 Å². The molecule has 2 aromatic carbocycles. The Bertz CT molecular complexity index is 734. The fourth-order valence-corrected chi connectivity index (χ4v) is 2.15. The Morgan fingerprint density at radius 2 is 1.90 bits per heavy atom. The molecule has 0 saturated carbocycles. The van der Waals surface area contributed by atoms with Crippen molar-refractivity contribution in [2.45, 2.75) is 0 Å². The van der Waals surface area contributed by atoms with E-state index >= 15 is 0 Å². The van der Waals surface area contributed by atoms with Gasteiger partial charge in [-0.05, 0) is 30.3 Å². The SMILES string of the molecule is O=C(O)c1cc(Nc2ccc(Cl)cc2Cl)ccc1[N+](=O)[O-]. The summed E-state index contributed by atoms with van der Waals surface area (Å²) in [5.74, 6) is -1.38. The van der Waals surface area contributed by atoms with Gasteiger partial charge in [0.2, 0.25) is 0 Å². The predicted octanol–water partition coefficient (Wildman–Crippen LogP) is 4.34. The molecule has 0 saturated heterocycles. The number of hydrogen-bond donors (Lipinski definition) is 2. The standard InChI is InChI=1S/C13H8Cl2N2O4/c14-7-1-3-11(10(15)5-7)16-8-2-4-12(17(20)21)9(6-8)13(18)19/h1-6,16H,(H,18,19). The van der Waals surface area contributed by atoms with E-state index in [1.807, 2.05) is 0 Å². The minimum atomic E-state index is -1.38. The molecule has 0 fully saturated rings. The third-order valence-electron chi connectivity index (χ3n) is 2.63. The first-order valence-corrected chi connectivity index (χ1v) is 6.38. The zero-order chi connectivity index (χ0) is 15.6. The maximum absolute atomic E-state index is 11.1. The number of carboxylic acid groups (broad SMARTS) is 1. The van der Waals surface area contributed by atoms with E-state index in [-0.39, 0.29) is 0 Å². The van der Waals surface area contributed by atoms with Crippen LogP contribution in [0.4, 0.5) is 17.1 Å². The summed E-state index contributed by atoms with van der Waals surface area (Å²) in [5.41, 5.74) is -0.0150. The van der Waals surface area contributed by atoms with Gasteiger partial charge in [0.1, 0.15) is 5.56 Å². The quantitative estimate of drug-likeness (QED) is 0.643. The number of hydrogen-bond acceptors (Lipinski definition) is 4. The van der Waals surface area contributed by atoms with Crippen LogP contribution in [0.25, 0.3) is 0 Å². The number of nitro groups is 1. The number of anilines is 2. The molecule has 0 aliphatic carbocycles. The lowest BCUT2D eigenvalue weighted by Crippen LogP contribution is -2.03. The summed E-state index contributed by atoms with van der Waals surface area (Å²) < 4.78 is 0. The average molecular weight is 327 g/mol. The predicted molar refractivity (Wildman–Crippen MR) is 79.8 cm³/mol. The minimum absolute atomic E-state index is 0.345. The fraction of sp³-hybridized carbons (Fsp3) is 0. The summed E-state index contributed by atoms with van der Waals surface area (Å²) in [4.78, 5) is 21.1. The van der Waals surface area contributed by atoms with E-state index in [2.05, 4.69) is 5.32 Å². The molecule has 21 heavy (non-hydrogen) atoms. The highest BCUT2D eigenvalue weighted by Crippen LogP contribution is 2.30. The topological polar surface area (TPSA) is 92.5 Å². The highest BCUT2D eigenvalue weighted by molar-refractivity contribution is 6.36. The number of nitrogens with one attached hydrogen (secondary N) is 1. The Kier molecular flexibility index (Phi) is 4.30. The number of halogens is 2. The summed E-state index contributed by atoms with van der Waals surface area (Å²) in [5, 5.41) is 23.5. The third kappa shape index (κ3) is 3.42. The Labute approximate surface area is 129 Å². The highest BCUT2D eigenvalue weighted by atomic mass is 35.5. The Morgan fingerprint density at radius 3 is 2.48 bits per heavy atom. The fourth-order valence-electron chi connectivity index (χ4n) is 1.69. The van der Waals surface area contributed by atoms with Crippen LogP contribution in [-0.4, -0.2) is 16.0 Å². The Balaban J connectivity index is 2.39. The van der Waals surface area contributed by atoms with Crippen LogP contribution in [0, 0.1) is 10.1 Å².